The van der Waals surface area contributed by atoms with Gasteiger partial charge in [0, 0.05) is 22.7 Å². The Labute approximate surface area is 118 Å². The van der Waals surface area contributed by atoms with E-state index in [1.165, 1.54) is 17.4 Å². The molecule has 3 aromatic rings. The Hall–Kier alpha value is -2.27. The molecule has 0 aliphatic rings. The number of rotatable bonds is 3. The van der Waals surface area contributed by atoms with Gasteiger partial charge >= 0.3 is 0 Å². The van der Waals surface area contributed by atoms with Gasteiger partial charge in [0.1, 0.15) is 0 Å². The molecule has 1 heterocycles. The Morgan fingerprint density at radius 3 is 2.50 bits per heavy atom. The zero-order valence-electron chi connectivity index (χ0n) is 10.3. The molecule has 1 aromatic heterocycles. The van der Waals surface area contributed by atoms with Crippen LogP contribution < -0.4 is 5.32 Å². The molecule has 0 aliphatic carbocycles. The number of hydrogen-bond donors (Lipinski definition) is 1. The molecule has 0 bridgehead atoms. The van der Waals surface area contributed by atoms with E-state index in [-0.39, 0.29) is 0 Å². The SMILES string of the molecule is Fc1ccc(Nc2nc(-c3ccccc3)cs2)cc1F. The molecular formula is C15H10F2N2S. The van der Waals surface area contributed by atoms with Crippen molar-refractivity contribution < 1.29 is 8.78 Å². The number of aromatic nitrogens is 1. The molecule has 5 heteroatoms. The van der Waals surface area contributed by atoms with E-state index in [9.17, 15) is 8.78 Å². The van der Waals surface area contributed by atoms with E-state index in [1.54, 1.807) is 0 Å². The van der Waals surface area contributed by atoms with Crippen molar-refractivity contribution in [2.45, 2.75) is 0 Å². The van der Waals surface area contributed by atoms with E-state index in [2.05, 4.69) is 10.3 Å². The molecule has 1 N–H and O–H groups in total. The summed E-state index contributed by atoms with van der Waals surface area (Å²) in [5.41, 5.74) is 2.33. The van der Waals surface area contributed by atoms with Crippen LogP contribution in [-0.2, 0) is 0 Å². The Morgan fingerprint density at radius 2 is 1.75 bits per heavy atom. The van der Waals surface area contributed by atoms with Crippen LogP contribution in [0.25, 0.3) is 11.3 Å². The second kappa shape index (κ2) is 5.38. The monoisotopic (exact) mass is 288 g/mol. The molecule has 0 spiro atoms. The molecule has 3 rings (SSSR count). The van der Waals surface area contributed by atoms with Crippen molar-refractivity contribution >= 4 is 22.2 Å². The summed E-state index contributed by atoms with van der Waals surface area (Å²) in [5, 5.41) is 5.51. The van der Waals surface area contributed by atoms with Gasteiger partial charge in [-0.05, 0) is 12.1 Å². The molecule has 0 unspecified atom stereocenters. The first-order valence-electron chi connectivity index (χ1n) is 5.95. The quantitative estimate of drug-likeness (QED) is 0.746. The van der Waals surface area contributed by atoms with Gasteiger partial charge < -0.3 is 5.32 Å². The zero-order chi connectivity index (χ0) is 13.9. The van der Waals surface area contributed by atoms with E-state index in [4.69, 9.17) is 0 Å². The fourth-order valence-electron chi connectivity index (χ4n) is 1.77. The highest BCUT2D eigenvalue weighted by Crippen LogP contribution is 2.27. The molecular weight excluding hydrogens is 278 g/mol. The summed E-state index contributed by atoms with van der Waals surface area (Å²) < 4.78 is 26.0. The summed E-state index contributed by atoms with van der Waals surface area (Å²) in [6.07, 6.45) is 0. The second-order valence-corrected chi connectivity index (χ2v) is 5.02. The van der Waals surface area contributed by atoms with Crippen molar-refractivity contribution in [3.63, 3.8) is 0 Å². The number of hydrogen-bond acceptors (Lipinski definition) is 3. The lowest BCUT2D eigenvalue weighted by Crippen LogP contribution is -1.92. The molecule has 100 valence electrons. The molecule has 0 atom stereocenters. The minimum absolute atomic E-state index is 0.470. The average molecular weight is 288 g/mol. The summed E-state index contributed by atoms with van der Waals surface area (Å²) in [7, 11) is 0. The fourth-order valence-corrected chi connectivity index (χ4v) is 2.51. The standard InChI is InChI=1S/C15H10F2N2S/c16-12-7-6-11(8-13(12)17)18-15-19-14(9-20-15)10-4-2-1-3-5-10/h1-9H,(H,18,19). The van der Waals surface area contributed by atoms with Crippen LogP contribution in [0, 0.1) is 11.6 Å². The van der Waals surface area contributed by atoms with Gasteiger partial charge in [0.25, 0.3) is 0 Å². The topological polar surface area (TPSA) is 24.9 Å². The first-order chi connectivity index (χ1) is 9.72. The molecule has 0 fully saturated rings. The number of nitrogens with zero attached hydrogens (tertiary/aromatic N) is 1. The van der Waals surface area contributed by atoms with Crippen LogP contribution in [0.2, 0.25) is 0 Å². The van der Waals surface area contributed by atoms with Crippen LogP contribution in [0.4, 0.5) is 19.6 Å². The van der Waals surface area contributed by atoms with Crippen LogP contribution >= 0.6 is 11.3 Å². The van der Waals surface area contributed by atoms with Gasteiger partial charge in [-0.3, -0.25) is 0 Å². The Bertz CT molecular complexity index is 726. The summed E-state index contributed by atoms with van der Waals surface area (Å²) in [4.78, 5) is 4.42. The first-order valence-corrected chi connectivity index (χ1v) is 6.83. The van der Waals surface area contributed by atoms with Gasteiger partial charge in [-0.2, -0.15) is 0 Å². The van der Waals surface area contributed by atoms with Gasteiger partial charge in [-0.1, -0.05) is 30.3 Å². The minimum Gasteiger partial charge on any atom is -0.331 e. The summed E-state index contributed by atoms with van der Waals surface area (Å²) >= 11 is 1.41. The third kappa shape index (κ3) is 2.67. The Balaban J connectivity index is 1.82. The van der Waals surface area contributed by atoms with Gasteiger partial charge in [0.15, 0.2) is 16.8 Å². The minimum atomic E-state index is -0.880. The van der Waals surface area contributed by atoms with E-state index >= 15 is 0 Å². The first kappa shape index (κ1) is 12.7. The van der Waals surface area contributed by atoms with Crippen LogP contribution in [0.1, 0.15) is 0 Å². The third-order valence-electron chi connectivity index (χ3n) is 2.74. The molecule has 20 heavy (non-hydrogen) atoms. The Morgan fingerprint density at radius 1 is 0.950 bits per heavy atom. The molecule has 0 radical (unpaired) electrons. The van der Waals surface area contributed by atoms with E-state index in [0.717, 1.165) is 23.4 Å². The molecule has 2 aromatic carbocycles. The fraction of sp³-hybridized carbons (Fsp3) is 0. The van der Waals surface area contributed by atoms with Gasteiger partial charge in [-0.15, -0.1) is 11.3 Å². The number of thiazole rings is 1. The summed E-state index contributed by atoms with van der Waals surface area (Å²) in [6, 6.07) is 13.4. The normalized spacial score (nSPS) is 10.5. The molecule has 2 nitrogen and oxygen atoms in total. The number of halogens is 2. The van der Waals surface area contributed by atoms with Crippen molar-refractivity contribution in [3.8, 4) is 11.3 Å². The largest absolute Gasteiger partial charge is 0.331 e. The highest BCUT2D eigenvalue weighted by Gasteiger charge is 2.06. The Kier molecular flexibility index (Phi) is 3.43. The highest BCUT2D eigenvalue weighted by molar-refractivity contribution is 7.14. The van der Waals surface area contributed by atoms with Crippen LogP contribution in [0.15, 0.2) is 53.9 Å². The maximum atomic E-state index is 13.1. The number of nitrogens with one attached hydrogen (secondary N) is 1. The van der Waals surface area contributed by atoms with Gasteiger partial charge in [0.05, 0.1) is 5.69 Å². The summed E-state index contributed by atoms with van der Waals surface area (Å²) in [5.74, 6) is -1.74. The molecule has 0 saturated heterocycles. The van der Waals surface area contributed by atoms with E-state index in [1.807, 2.05) is 35.7 Å². The van der Waals surface area contributed by atoms with Crippen LogP contribution in [0.3, 0.4) is 0 Å². The lowest BCUT2D eigenvalue weighted by molar-refractivity contribution is 0.509. The van der Waals surface area contributed by atoms with Crippen LogP contribution in [0.5, 0.6) is 0 Å². The van der Waals surface area contributed by atoms with Gasteiger partial charge in [-0.25, -0.2) is 13.8 Å². The van der Waals surface area contributed by atoms with Crippen molar-refractivity contribution in [3.05, 3.63) is 65.5 Å². The third-order valence-corrected chi connectivity index (χ3v) is 3.50. The highest BCUT2D eigenvalue weighted by atomic mass is 32.1. The summed E-state index contributed by atoms with van der Waals surface area (Å²) in [6.45, 7) is 0. The molecule has 0 saturated carbocycles. The maximum Gasteiger partial charge on any atom is 0.187 e. The van der Waals surface area contributed by atoms with E-state index < -0.39 is 11.6 Å². The maximum absolute atomic E-state index is 13.1. The predicted molar refractivity (Wildman–Crippen MR) is 77.2 cm³/mol. The van der Waals surface area contributed by atoms with Crippen molar-refractivity contribution in [2.75, 3.05) is 5.32 Å². The van der Waals surface area contributed by atoms with Crippen LogP contribution in [-0.4, -0.2) is 4.98 Å². The molecule has 0 aliphatic heterocycles. The zero-order valence-corrected chi connectivity index (χ0v) is 11.1. The lowest BCUT2D eigenvalue weighted by atomic mass is 10.2. The number of benzene rings is 2. The van der Waals surface area contributed by atoms with E-state index in [0.29, 0.717) is 10.8 Å². The molecule has 0 amide bonds. The lowest BCUT2D eigenvalue weighted by Gasteiger charge is -2.02. The number of anilines is 2. The average Bonchev–Trinajstić information content (AvgIpc) is 2.92. The van der Waals surface area contributed by atoms with Crippen molar-refractivity contribution in [1.82, 2.24) is 4.98 Å². The van der Waals surface area contributed by atoms with Crippen molar-refractivity contribution in [2.24, 2.45) is 0 Å². The second-order valence-electron chi connectivity index (χ2n) is 4.16. The smallest absolute Gasteiger partial charge is 0.187 e. The van der Waals surface area contributed by atoms with Crippen molar-refractivity contribution in [1.29, 1.82) is 0 Å². The predicted octanol–water partition coefficient (Wildman–Crippen LogP) is 4.83. The van der Waals surface area contributed by atoms with Gasteiger partial charge in [0.2, 0.25) is 0 Å².